The lowest BCUT2D eigenvalue weighted by atomic mass is 10.1. The van der Waals surface area contributed by atoms with E-state index in [0.29, 0.717) is 11.3 Å². The molecule has 29 heavy (non-hydrogen) atoms. The second-order valence-electron chi connectivity index (χ2n) is 6.40. The second-order valence-corrected chi connectivity index (χ2v) is 9.11. The van der Waals surface area contributed by atoms with Gasteiger partial charge in [-0.3, -0.25) is 19.2 Å². The first kappa shape index (κ1) is 22.7. The minimum Gasteiger partial charge on any atom is -0.323 e. The number of nitro benzene ring substituents is 1. The van der Waals surface area contributed by atoms with Crippen LogP contribution >= 0.6 is 11.8 Å². The Kier molecular flexibility index (Phi) is 7.26. The van der Waals surface area contributed by atoms with Crippen molar-refractivity contribution in [3.63, 3.8) is 0 Å². The van der Waals surface area contributed by atoms with E-state index in [1.807, 2.05) is 18.4 Å². The van der Waals surface area contributed by atoms with E-state index >= 15 is 0 Å². The van der Waals surface area contributed by atoms with Crippen LogP contribution in [0.3, 0.4) is 0 Å². The lowest BCUT2D eigenvalue weighted by molar-refractivity contribution is -0.384. The number of nitrogens with zero attached hydrogens (tertiary/aromatic N) is 2. The van der Waals surface area contributed by atoms with Crippen LogP contribution in [0.15, 0.2) is 47.4 Å². The van der Waals surface area contributed by atoms with Crippen LogP contribution in [0.5, 0.6) is 0 Å². The maximum Gasteiger partial charge on any atom is 0.271 e. The Balaban J connectivity index is 2.52. The number of nitrogens with one attached hydrogen (secondary N) is 1. The van der Waals surface area contributed by atoms with Crippen molar-refractivity contribution in [1.29, 1.82) is 0 Å². The minimum absolute atomic E-state index is 0.113. The van der Waals surface area contributed by atoms with Gasteiger partial charge in [0, 0.05) is 17.0 Å². The normalized spacial score (nSPS) is 12.3. The third-order valence-corrected chi connectivity index (χ3v) is 6.30. The summed E-state index contributed by atoms with van der Waals surface area (Å²) >= 11 is 1.45. The first-order valence-corrected chi connectivity index (χ1v) is 11.9. The topological polar surface area (TPSA) is 110 Å². The van der Waals surface area contributed by atoms with Crippen molar-refractivity contribution in [3.05, 3.63) is 58.1 Å². The number of aryl methyl sites for hydroxylation is 1. The third-order valence-electron chi connectivity index (χ3n) is 4.34. The van der Waals surface area contributed by atoms with Crippen molar-refractivity contribution in [2.24, 2.45) is 0 Å². The highest BCUT2D eigenvalue weighted by molar-refractivity contribution is 7.98. The van der Waals surface area contributed by atoms with Gasteiger partial charge in [0.2, 0.25) is 15.9 Å². The Hall–Kier alpha value is -2.59. The number of hydrogen-bond donors (Lipinski definition) is 1. The molecule has 8 nitrogen and oxygen atoms in total. The van der Waals surface area contributed by atoms with E-state index < -0.39 is 26.9 Å². The van der Waals surface area contributed by atoms with Crippen LogP contribution in [0.1, 0.15) is 18.9 Å². The summed E-state index contributed by atoms with van der Waals surface area (Å²) in [5.41, 5.74) is 0.952. The van der Waals surface area contributed by atoms with Crippen LogP contribution in [-0.4, -0.2) is 37.8 Å². The smallest absolute Gasteiger partial charge is 0.271 e. The maximum absolute atomic E-state index is 13.0. The summed E-state index contributed by atoms with van der Waals surface area (Å²) in [6, 6.07) is 10.1. The van der Waals surface area contributed by atoms with Crippen molar-refractivity contribution in [2.45, 2.75) is 31.2 Å². The van der Waals surface area contributed by atoms with Crippen molar-refractivity contribution in [3.8, 4) is 0 Å². The number of rotatable bonds is 8. The molecule has 0 bridgehead atoms. The average Bonchev–Trinajstić information content (AvgIpc) is 2.66. The molecule has 2 aromatic carbocycles. The number of carbonyl (C=O) groups is 1. The zero-order chi connectivity index (χ0) is 21.8. The molecule has 0 saturated heterocycles. The molecule has 0 fully saturated rings. The Labute approximate surface area is 174 Å². The van der Waals surface area contributed by atoms with Crippen LogP contribution in [0.2, 0.25) is 0 Å². The summed E-state index contributed by atoms with van der Waals surface area (Å²) in [5, 5.41) is 14.0. The Morgan fingerprint density at radius 2 is 1.93 bits per heavy atom. The number of carbonyl (C=O) groups excluding carboxylic acids is 1. The monoisotopic (exact) mass is 437 g/mol. The van der Waals surface area contributed by atoms with Crippen LogP contribution in [-0.2, 0) is 14.8 Å². The molecule has 0 aliphatic carbocycles. The minimum atomic E-state index is -3.90. The molecule has 1 atom stereocenters. The molecular formula is C19H23N3O5S2. The fraction of sp³-hybridized carbons (Fsp3) is 0.316. The zero-order valence-corrected chi connectivity index (χ0v) is 18.2. The van der Waals surface area contributed by atoms with Crippen LogP contribution in [0.25, 0.3) is 0 Å². The molecule has 1 amide bonds. The molecule has 0 spiro atoms. The summed E-state index contributed by atoms with van der Waals surface area (Å²) in [4.78, 5) is 24.5. The number of sulfonamides is 1. The van der Waals surface area contributed by atoms with Crippen molar-refractivity contribution in [2.75, 3.05) is 22.1 Å². The van der Waals surface area contributed by atoms with Crippen LogP contribution < -0.4 is 9.62 Å². The van der Waals surface area contributed by atoms with Gasteiger partial charge in [-0.2, -0.15) is 0 Å². The number of para-hydroxylation sites is 1. The summed E-state index contributed by atoms with van der Waals surface area (Å²) < 4.78 is 26.2. The number of nitro groups is 1. The van der Waals surface area contributed by atoms with Gasteiger partial charge in [-0.15, -0.1) is 11.8 Å². The molecule has 0 saturated carbocycles. The van der Waals surface area contributed by atoms with Gasteiger partial charge in [-0.05, 0) is 37.3 Å². The molecule has 2 aromatic rings. The molecular weight excluding hydrogens is 414 g/mol. The summed E-state index contributed by atoms with van der Waals surface area (Å²) in [7, 11) is -3.90. The summed E-state index contributed by atoms with van der Waals surface area (Å²) in [5.74, 6) is -0.509. The van der Waals surface area contributed by atoms with Crippen molar-refractivity contribution >= 4 is 44.8 Å². The van der Waals surface area contributed by atoms with Gasteiger partial charge >= 0.3 is 0 Å². The Morgan fingerprint density at radius 1 is 1.28 bits per heavy atom. The molecule has 0 unspecified atom stereocenters. The maximum atomic E-state index is 13.0. The van der Waals surface area contributed by atoms with Crippen LogP contribution in [0, 0.1) is 17.0 Å². The molecule has 10 heteroatoms. The van der Waals surface area contributed by atoms with Crippen molar-refractivity contribution < 1.29 is 18.1 Å². The number of amides is 1. The van der Waals surface area contributed by atoms with E-state index in [0.717, 1.165) is 15.5 Å². The van der Waals surface area contributed by atoms with Gasteiger partial charge in [0.05, 0.1) is 22.6 Å². The van der Waals surface area contributed by atoms with Crippen molar-refractivity contribution in [1.82, 2.24) is 0 Å². The predicted octanol–water partition coefficient (Wildman–Crippen LogP) is 3.81. The van der Waals surface area contributed by atoms with E-state index in [4.69, 9.17) is 0 Å². The average molecular weight is 438 g/mol. The van der Waals surface area contributed by atoms with E-state index in [1.165, 1.54) is 30.0 Å². The fourth-order valence-corrected chi connectivity index (χ4v) is 4.76. The molecule has 2 rings (SSSR count). The van der Waals surface area contributed by atoms with E-state index in [-0.39, 0.29) is 17.8 Å². The summed E-state index contributed by atoms with van der Waals surface area (Å²) in [6.45, 7) is 3.33. The SMILES string of the molecule is CC[C@@H](C(=O)Nc1ccccc1SC)N(c1cc([N+](=O)[O-])ccc1C)S(C)(=O)=O. The quantitative estimate of drug-likeness (QED) is 0.382. The molecule has 0 aliphatic heterocycles. The molecule has 156 valence electrons. The lowest BCUT2D eigenvalue weighted by Gasteiger charge is -2.31. The standard InChI is InChI=1S/C19H23N3O5S2/c1-5-16(19(23)20-15-8-6-7-9-18(15)28-3)21(29(4,26)27)17-12-14(22(24)25)11-10-13(17)2/h6-12,16H,5H2,1-4H3,(H,20,23)/t16-/m0/s1. The molecule has 0 aromatic heterocycles. The molecule has 0 radical (unpaired) electrons. The van der Waals surface area contributed by atoms with Gasteiger partial charge in [0.25, 0.3) is 5.69 Å². The van der Waals surface area contributed by atoms with Gasteiger partial charge in [0.15, 0.2) is 0 Å². The highest BCUT2D eigenvalue weighted by atomic mass is 32.2. The second kappa shape index (κ2) is 9.27. The molecule has 0 aliphatic rings. The Bertz CT molecular complexity index is 1020. The zero-order valence-electron chi connectivity index (χ0n) is 16.6. The Morgan fingerprint density at radius 3 is 2.48 bits per heavy atom. The number of thioether (sulfide) groups is 1. The number of benzene rings is 2. The number of hydrogen-bond acceptors (Lipinski definition) is 6. The largest absolute Gasteiger partial charge is 0.323 e. The first-order valence-electron chi connectivity index (χ1n) is 8.78. The van der Waals surface area contributed by atoms with Gasteiger partial charge in [-0.1, -0.05) is 25.1 Å². The lowest BCUT2D eigenvalue weighted by Crippen LogP contribution is -2.47. The number of anilines is 2. The number of non-ortho nitro benzene ring substituents is 1. The van der Waals surface area contributed by atoms with E-state index in [2.05, 4.69) is 5.32 Å². The van der Waals surface area contributed by atoms with E-state index in [9.17, 15) is 23.3 Å². The molecule has 0 heterocycles. The van der Waals surface area contributed by atoms with Gasteiger partial charge in [0.1, 0.15) is 6.04 Å². The van der Waals surface area contributed by atoms with Gasteiger partial charge in [-0.25, -0.2) is 8.42 Å². The highest BCUT2D eigenvalue weighted by Gasteiger charge is 2.33. The highest BCUT2D eigenvalue weighted by Crippen LogP contribution is 2.31. The fourth-order valence-electron chi connectivity index (χ4n) is 2.95. The van der Waals surface area contributed by atoms with Gasteiger partial charge < -0.3 is 5.32 Å². The van der Waals surface area contributed by atoms with E-state index in [1.54, 1.807) is 26.0 Å². The first-order chi connectivity index (χ1) is 13.6. The predicted molar refractivity (Wildman–Crippen MR) is 116 cm³/mol. The van der Waals surface area contributed by atoms with Crippen LogP contribution in [0.4, 0.5) is 17.1 Å². The third kappa shape index (κ3) is 5.27. The summed E-state index contributed by atoms with van der Waals surface area (Å²) in [6.07, 6.45) is 3.04. The molecule has 1 N–H and O–H groups in total.